The molecule has 0 aromatic carbocycles. The van der Waals surface area contributed by atoms with Crippen molar-refractivity contribution in [2.24, 2.45) is 5.92 Å². The van der Waals surface area contributed by atoms with Crippen molar-refractivity contribution in [3.8, 4) is 0 Å². The van der Waals surface area contributed by atoms with Gasteiger partial charge in [0.05, 0.1) is 0 Å². The number of hydrogen-bond acceptors (Lipinski definition) is 0. The number of allylic oxidation sites excluding steroid dienone is 2. The van der Waals surface area contributed by atoms with Gasteiger partial charge in [-0.25, -0.2) is 0 Å². The van der Waals surface area contributed by atoms with E-state index in [0.717, 1.165) is 5.92 Å². The summed E-state index contributed by atoms with van der Waals surface area (Å²) in [5.74, 6) is 0.811. The molecule has 0 N–H and O–H groups in total. The lowest BCUT2D eigenvalue weighted by molar-refractivity contribution is 0.717. The lowest BCUT2D eigenvalue weighted by Gasteiger charge is -2.02. The highest BCUT2D eigenvalue weighted by molar-refractivity contribution is 14.1. The van der Waals surface area contributed by atoms with Gasteiger partial charge in [-0.2, -0.15) is 0 Å². The van der Waals surface area contributed by atoms with Gasteiger partial charge in [-0.1, -0.05) is 48.6 Å². The molecule has 0 nitrogen and oxygen atoms in total. The molecule has 0 aliphatic heterocycles. The number of rotatable bonds is 4. The van der Waals surface area contributed by atoms with Crippen LogP contribution in [0.15, 0.2) is 12.2 Å². The molecule has 0 aliphatic rings. The third-order valence-corrected chi connectivity index (χ3v) is 2.50. The van der Waals surface area contributed by atoms with Gasteiger partial charge in [0.15, 0.2) is 0 Å². The van der Waals surface area contributed by atoms with Crippen LogP contribution in [0.2, 0.25) is 0 Å². The maximum absolute atomic E-state index is 2.44. The molecule has 0 heterocycles. The maximum Gasteiger partial charge on any atom is 0.00582 e. The van der Waals surface area contributed by atoms with Crippen molar-refractivity contribution < 1.29 is 0 Å². The molecule has 1 atom stereocenters. The monoisotopic (exact) mass is 238 g/mol. The number of alkyl halides is 1. The lowest BCUT2D eigenvalue weighted by atomic mass is 10.1. The van der Waals surface area contributed by atoms with E-state index < -0.39 is 0 Å². The fourth-order valence-corrected chi connectivity index (χ4v) is 1.54. The summed E-state index contributed by atoms with van der Waals surface area (Å²) in [4.78, 5) is 0. The Labute approximate surface area is 71.9 Å². The summed E-state index contributed by atoms with van der Waals surface area (Å²) >= 11 is 2.44. The van der Waals surface area contributed by atoms with Crippen molar-refractivity contribution in [2.45, 2.75) is 26.7 Å². The minimum absolute atomic E-state index is 0.811. The van der Waals surface area contributed by atoms with Crippen molar-refractivity contribution in [3.05, 3.63) is 12.2 Å². The second-order valence-electron chi connectivity index (χ2n) is 2.16. The lowest BCUT2D eigenvalue weighted by Crippen LogP contribution is -1.93. The van der Waals surface area contributed by atoms with Crippen LogP contribution in [0, 0.1) is 5.92 Å². The summed E-state index contributed by atoms with van der Waals surface area (Å²) in [7, 11) is 0. The van der Waals surface area contributed by atoms with E-state index in [4.69, 9.17) is 0 Å². The Hall–Kier alpha value is 0.470. The zero-order valence-corrected chi connectivity index (χ0v) is 8.39. The Morgan fingerprint density at radius 2 is 2.11 bits per heavy atom. The van der Waals surface area contributed by atoms with Gasteiger partial charge in [0, 0.05) is 4.43 Å². The van der Waals surface area contributed by atoms with Crippen molar-refractivity contribution in [2.75, 3.05) is 4.43 Å². The average molecular weight is 238 g/mol. The second kappa shape index (κ2) is 6.59. The van der Waals surface area contributed by atoms with Gasteiger partial charge >= 0.3 is 0 Å². The van der Waals surface area contributed by atoms with E-state index in [9.17, 15) is 0 Å². The largest absolute Gasteiger partial charge is 0.0885 e. The fourth-order valence-electron chi connectivity index (χ4n) is 0.625. The van der Waals surface area contributed by atoms with Crippen LogP contribution < -0.4 is 0 Å². The topological polar surface area (TPSA) is 0 Å². The van der Waals surface area contributed by atoms with Crippen molar-refractivity contribution in [1.82, 2.24) is 0 Å². The van der Waals surface area contributed by atoms with Gasteiger partial charge < -0.3 is 0 Å². The van der Waals surface area contributed by atoms with E-state index in [0.29, 0.717) is 0 Å². The first kappa shape index (κ1) is 9.47. The molecule has 0 aromatic rings. The summed E-state index contributed by atoms with van der Waals surface area (Å²) in [5, 5.41) is 0. The molecule has 0 saturated carbocycles. The Morgan fingerprint density at radius 3 is 2.44 bits per heavy atom. The van der Waals surface area contributed by atoms with Crippen molar-refractivity contribution in [3.63, 3.8) is 0 Å². The molecule has 1 heteroatoms. The van der Waals surface area contributed by atoms with Crippen LogP contribution in [-0.2, 0) is 0 Å². The molecule has 0 amide bonds. The number of hydrogen-bond donors (Lipinski definition) is 0. The standard InChI is InChI=1S/C8H15I/c1-3-5-6-8(4-2)7-9/h5-6,8H,3-4,7H2,1-2H3/b6-5+/t8-/m1/s1. The second-order valence-corrected chi connectivity index (χ2v) is 3.04. The van der Waals surface area contributed by atoms with Crippen molar-refractivity contribution in [1.29, 1.82) is 0 Å². The maximum atomic E-state index is 2.44. The smallest absolute Gasteiger partial charge is 0.00582 e. The zero-order valence-electron chi connectivity index (χ0n) is 6.23. The third kappa shape index (κ3) is 4.94. The normalized spacial score (nSPS) is 14.6. The van der Waals surface area contributed by atoms with E-state index >= 15 is 0 Å². The first-order chi connectivity index (χ1) is 4.35. The molecule has 0 rings (SSSR count). The first-order valence-electron chi connectivity index (χ1n) is 3.57. The Kier molecular flexibility index (Phi) is 6.93. The van der Waals surface area contributed by atoms with Crippen LogP contribution >= 0.6 is 22.6 Å². The van der Waals surface area contributed by atoms with Crippen LogP contribution in [0.5, 0.6) is 0 Å². The van der Waals surface area contributed by atoms with E-state index in [2.05, 4.69) is 48.6 Å². The molecule has 0 bridgehead atoms. The molecular formula is C8H15I. The summed E-state index contributed by atoms with van der Waals surface area (Å²) < 4.78 is 1.25. The van der Waals surface area contributed by atoms with E-state index in [-0.39, 0.29) is 0 Å². The minimum Gasteiger partial charge on any atom is -0.0885 e. The molecule has 0 unspecified atom stereocenters. The van der Waals surface area contributed by atoms with E-state index in [1.54, 1.807) is 0 Å². The molecule has 0 radical (unpaired) electrons. The first-order valence-corrected chi connectivity index (χ1v) is 5.10. The Balaban J connectivity index is 3.41. The molecule has 0 aromatic heterocycles. The minimum atomic E-state index is 0.811. The molecule has 0 aliphatic carbocycles. The van der Waals surface area contributed by atoms with Crippen LogP contribution in [0.3, 0.4) is 0 Å². The summed E-state index contributed by atoms with van der Waals surface area (Å²) in [6.07, 6.45) is 7.03. The van der Waals surface area contributed by atoms with Crippen molar-refractivity contribution >= 4 is 22.6 Å². The van der Waals surface area contributed by atoms with Gasteiger partial charge in [-0.05, 0) is 18.8 Å². The highest BCUT2D eigenvalue weighted by atomic mass is 127. The predicted octanol–water partition coefficient (Wildman–Crippen LogP) is 3.41. The van der Waals surface area contributed by atoms with Gasteiger partial charge in [0.2, 0.25) is 0 Å². The van der Waals surface area contributed by atoms with Crippen LogP contribution in [0.25, 0.3) is 0 Å². The molecule has 54 valence electrons. The summed E-state index contributed by atoms with van der Waals surface area (Å²) in [6.45, 7) is 4.42. The average Bonchev–Trinajstić information content (AvgIpc) is 1.91. The van der Waals surface area contributed by atoms with Crippen LogP contribution in [0.1, 0.15) is 26.7 Å². The molecule has 0 fully saturated rings. The molecule has 0 spiro atoms. The van der Waals surface area contributed by atoms with Gasteiger partial charge in [0.25, 0.3) is 0 Å². The summed E-state index contributed by atoms with van der Waals surface area (Å²) in [5.41, 5.74) is 0. The number of halogens is 1. The summed E-state index contributed by atoms with van der Waals surface area (Å²) in [6, 6.07) is 0. The van der Waals surface area contributed by atoms with Crippen LogP contribution in [-0.4, -0.2) is 4.43 Å². The van der Waals surface area contributed by atoms with Gasteiger partial charge in [-0.3, -0.25) is 0 Å². The van der Waals surface area contributed by atoms with Gasteiger partial charge in [0.1, 0.15) is 0 Å². The zero-order chi connectivity index (χ0) is 7.11. The third-order valence-electron chi connectivity index (χ3n) is 1.37. The van der Waals surface area contributed by atoms with Gasteiger partial charge in [-0.15, -0.1) is 0 Å². The van der Waals surface area contributed by atoms with E-state index in [1.807, 2.05) is 0 Å². The quantitative estimate of drug-likeness (QED) is 0.400. The highest BCUT2D eigenvalue weighted by Gasteiger charge is 1.95. The Morgan fingerprint density at radius 1 is 1.44 bits per heavy atom. The Bertz CT molecular complexity index is 72.6. The van der Waals surface area contributed by atoms with E-state index in [1.165, 1.54) is 17.3 Å². The molecular weight excluding hydrogens is 223 g/mol. The SMILES string of the molecule is CC/C=C/[C@@H](CC)CI. The van der Waals surface area contributed by atoms with Crippen LogP contribution in [0.4, 0.5) is 0 Å². The molecule has 0 saturated heterocycles. The highest BCUT2D eigenvalue weighted by Crippen LogP contribution is 2.08. The molecule has 9 heavy (non-hydrogen) atoms. The predicted molar refractivity (Wildman–Crippen MR) is 52.1 cm³/mol. The fraction of sp³-hybridized carbons (Fsp3) is 0.750.